The molecule has 0 saturated heterocycles. The molecule has 126 valence electrons. The topological polar surface area (TPSA) is 9.23 Å². The molecule has 0 aliphatic rings. The number of hydrogen-bond donors (Lipinski definition) is 0. The van der Waals surface area contributed by atoms with Crippen molar-refractivity contribution in [3.63, 3.8) is 0 Å². The second-order valence-electron chi connectivity index (χ2n) is 6.17. The highest BCUT2D eigenvalue weighted by Gasteiger charge is 1.99. The van der Waals surface area contributed by atoms with Crippen LogP contribution in [-0.4, -0.2) is 6.61 Å². The zero-order chi connectivity index (χ0) is 15.9. The summed E-state index contributed by atoms with van der Waals surface area (Å²) >= 11 is 6.05. The van der Waals surface area contributed by atoms with Gasteiger partial charge in [-0.15, -0.1) is 0 Å². The Labute approximate surface area is 142 Å². The van der Waals surface area contributed by atoms with Crippen LogP contribution >= 0.6 is 11.6 Å². The van der Waals surface area contributed by atoms with Crippen LogP contribution < -0.4 is 4.74 Å². The van der Waals surface area contributed by atoms with Crippen molar-refractivity contribution in [3.05, 3.63) is 29.3 Å². The van der Waals surface area contributed by atoms with Gasteiger partial charge in [-0.1, -0.05) is 101 Å². The van der Waals surface area contributed by atoms with Crippen LogP contribution in [0.15, 0.2) is 24.3 Å². The molecule has 0 unspecified atom stereocenters. The Morgan fingerprint density at radius 3 is 1.77 bits per heavy atom. The molecule has 0 aliphatic carbocycles. The van der Waals surface area contributed by atoms with Crippen LogP contribution in [0.1, 0.15) is 84.0 Å². The number of para-hydroxylation sites is 1. The predicted molar refractivity (Wildman–Crippen MR) is 98.0 cm³/mol. The third-order valence-corrected chi connectivity index (χ3v) is 4.40. The van der Waals surface area contributed by atoms with Gasteiger partial charge in [-0.2, -0.15) is 0 Å². The molecule has 0 N–H and O–H groups in total. The molecule has 0 heterocycles. The van der Waals surface area contributed by atoms with Crippen molar-refractivity contribution in [2.24, 2.45) is 0 Å². The Morgan fingerprint density at radius 2 is 1.23 bits per heavy atom. The number of hydrogen-bond acceptors (Lipinski definition) is 1. The molecule has 1 aromatic rings. The van der Waals surface area contributed by atoms with Crippen LogP contribution in [0.4, 0.5) is 0 Å². The van der Waals surface area contributed by atoms with E-state index in [4.69, 9.17) is 16.3 Å². The molecule has 0 fully saturated rings. The fourth-order valence-electron chi connectivity index (χ4n) is 2.69. The van der Waals surface area contributed by atoms with E-state index in [-0.39, 0.29) is 0 Å². The standard InChI is InChI=1S/C20H33ClO/c1-2-3-4-5-6-7-8-9-10-11-12-15-18-22-20-17-14-13-16-19(20)21/h13-14,16-17H,2-12,15,18H2,1H3. The molecule has 0 aliphatic heterocycles. The minimum absolute atomic E-state index is 0.710. The van der Waals surface area contributed by atoms with Gasteiger partial charge in [-0.05, 0) is 18.6 Å². The maximum atomic E-state index is 6.05. The maximum absolute atomic E-state index is 6.05. The highest BCUT2D eigenvalue weighted by Crippen LogP contribution is 2.23. The van der Waals surface area contributed by atoms with Crippen LogP contribution in [0.5, 0.6) is 5.75 Å². The maximum Gasteiger partial charge on any atom is 0.137 e. The monoisotopic (exact) mass is 324 g/mol. The number of unbranched alkanes of at least 4 members (excludes halogenated alkanes) is 11. The number of halogens is 1. The number of ether oxygens (including phenoxy) is 1. The Hall–Kier alpha value is -0.690. The first kappa shape index (κ1) is 19.4. The van der Waals surface area contributed by atoms with Crippen molar-refractivity contribution >= 4 is 11.6 Å². The Bertz CT molecular complexity index is 364. The molecule has 0 saturated carbocycles. The number of benzene rings is 1. The summed E-state index contributed by atoms with van der Waals surface area (Å²) in [7, 11) is 0. The Morgan fingerprint density at radius 1 is 0.727 bits per heavy atom. The second-order valence-corrected chi connectivity index (χ2v) is 6.58. The molecule has 0 aromatic heterocycles. The zero-order valence-electron chi connectivity index (χ0n) is 14.3. The average Bonchev–Trinajstić information content (AvgIpc) is 2.53. The quantitative estimate of drug-likeness (QED) is 0.323. The van der Waals surface area contributed by atoms with E-state index < -0.39 is 0 Å². The zero-order valence-corrected chi connectivity index (χ0v) is 15.0. The lowest BCUT2D eigenvalue weighted by molar-refractivity contribution is 0.304. The van der Waals surface area contributed by atoms with Gasteiger partial charge in [0, 0.05) is 0 Å². The van der Waals surface area contributed by atoms with Crippen molar-refractivity contribution in [1.82, 2.24) is 0 Å². The van der Waals surface area contributed by atoms with Crippen molar-refractivity contribution in [3.8, 4) is 5.75 Å². The molecular formula is C20H33ClO. The van der Waals surface area contributed by atoms with Gasteiger partial charge in [-0.25, -0.2) is 0 Å². The molecule has 1 rings (SSSR count). The summed E-state index contributed by atoms with van der Waals surface area (Å²) in [4.78, 5) is 0. The highest BCUT2D eigenvalue weighted by atomic mass is 35.5. The summed E-state index contributed by atoms with van der Waals surface area (Å²) < 4.78 is 5.70. The van der Waals surface area contributed by atoms with Gasteiger partial charge in [0.25, 0.3) is 0 Å². The third-order valence-electron chi connectivity index (χ3n) is 4.09. The van der Waals surface area contributed by atoms with Gasteiger partial charge < -0.3 is 4.74 Å². The van der Waals surface area contributed by atoms with Crippen LogP contribution in [0.25, 0.3) is 0 Å². The van der Waals surface area contributed by atoms with E-state index >= 15 is 0 Å². The van der Waals surface area contributed by atoms with Gasteiger partial charge in [-0.3, -0.25) is 0 Å². The first-order valence-electron chi connectivity index (χ1n) is 9.22. The Kier molecular flexibility index (Phi) is 12.3. The van der Waals surface area contributed by atoms with E-state index in [0.29, 0.717) is 5.02 Å². The fraction of sp³-hybridized carbons (Fsp3) is 0.700. The van der Waals surface area contributed by atoms with Crippen molar-refractivity contribution < 1.29 is 4.74 Å². The van der Waals surface area contributed by atoms with E-state index in [0.717, 1.165) is 18.8 Å². The molecule has 0 amide bonds. The summed E-state index contributed by atoms with van der Waals surface area (Å²) in [5.74, 6) is 0.812. The average molecular weight is 325 g/mol. The van der Waals surface area contributed by atoms with E-state index in [1.165, 1.54) is 70.6 Å². The lowest BCUT2D eigenvalue weighted by atomic mass is 10.1. The molecule has 0 atom stereocenters. The lowest BCUT2D eigenvalue weighted by Crippen LogP contribution is -1.97. The van der Waals surface area contributed by atoms with Gasteiger partial charge in [0.1, 0.15) is 5.75 Å². The first-order valence-corrected chi connectivity index (χ1v) is 9.59. The first-order chi connectivity index (χ1) is 10.8. The summed E-state index contributed by atoms with van der Waals surface area (Å²) in [5, 5.41) is 0.710. The predicted octanol–water partition coefficient (Wildman–Crippen LogP) is 7.42. The van der Waals surface area contributed by atoms with Gasteiger partial charge in [0.15, 0.2) is 0 Å². The van der Waals surface area contributed by atoms with Gasteiger partial charge in [0.05, 0.1) is 11.6 Å². The van der Waals surface area contributed by atoms with Crippen molar-refractivity contribution in [1.29, 1.82) is 0 Å². The number of rotatable bonds is 14. The second kappa shape index (κ2) is 13.9. The van der Waals surface area contributed by atoms with Gasteiger partial charge >= 0.3 is 0 Å². The van der Waals surface area contributed by atoms with Crippen LogP contribution in [0, 0.1) is 0 Å². The summed E-state index contributed by atoms with van der Waals surface area (Å²) in [5.41, 5.74) is 0. The van der Waals surface area contributed by atoms with Crippen molar-refractivity contribution in [2.45, 2.75) is 84.0 Å². The molecule has 0 radical (unpaired) electrons. The summed E-state index contributed by atoms with van der Waals surface area (Å²) in [6.07, 6.45) is 16.4. The molecular weight excluding hydrogens is 292 g/mol. The Balaban J connectivity index is 1.81. The molecule has 1 nitrogen and oxygen atoms in total. The molecule has 2 heteroatoms. The fourth-order valence-corrected chi connectivity index (χ4v) is 2.88. The van der Waals surface area contributed by atoms with Gasteiger partial charge in [0.2, 0.25) is 0 Å². The molecule has 0 bridgehead atoms. The lowest BCUT2D eigenvalue weighted by Gasteiger charge is -2.07. The van der Waals surface area contributed by atoms with Crippen LogP contribution in [0.3, 0.4) is 0 Å². The van der Waals surface area contributed by atoms with E-state index in [1.54, 1.807) is 0 Å². The largest absolute Gasteiger partial charge is 0.492 e. The normalized spacial score (nSPS) is 10.8. The van der Waals surface area contributed by atoms with E-state index in [9.17, 15) is 0 Å². The van der Waals surface area contributed by atoms with Crippen LogP contribution in [0.2, 0.25) is 5.02 Å². The highest BCUT2D eigenvalue weighted by molar-refractivity contribution is 6.32. The minimum Gasteiger partial charge on any atom is -0.492 e. The molecule has 22 heavy (non-hydrogen) atoms. The summed E-state index contributed by atoms with van der Waals surface area (Å²) in [6.45, 7) is 3.06. The molecule has 0 spiro atoms. The third kappa shape index (κ3) is 10.1. The van der Waals surface area contributed by atoms with E-state index in [2.05, 4.69) is 6.92 Å². The molecule has 1 aromatic carbocycles. The van der Waals surface area contributed by atoms with Crippen LogP contribution in [-0.2, 0) is 0 Å². The van der Waals surface area contributed by atoms with E-state index in [1.807, 2.05) is 24.3 Å². The summed E-state index contributed by atoms with van der Waals surface area (Å²) in [6, 6.07) is 7.70. The SMILES string of the molecule is CCCCCCCCCCCCCCOc1ccccc1Cl. The minimum atomic E-state index is 0.710. The smallest absolute Gasteiger partial charge is 0.137 e. The van der Waals surface area contributed by atoms with Crippen molar-refractivity contribution in [2.75, 3.05) is 6.61 Å².